The fourth-order valence-electron chi connectivity index (χ4n) is 5.39. The summed E-state index contributed by atoms with van der Waals surface area (Å²) in [5.41, 5.74) is 6.49. The van der Waals surface area contributed by atoms with Gasteiger partial charge in [0, 0.05) is 48.2 Å². The van der Waals surface area contributed by atoms with Crippen LogP contribution in [0.25, 0.3) is 33.4 Å². The van der Waals surface area contributed by atoms with Gasteiger partial charge in [-0.25, -0.2) is 0 Å². The molecule has 0 spiro atoms. The number of hydrogen-bond acceptors (Lipinski definition) is 5. The number of pyridine rings is 2. The van der Waals surface area contributed by atoms with E-state index < -0.39 is 0 Å². The third-order valence-corrected chi connectivity index (χ3v) is 7.07. The van der Waals surface area contributed by atoms with Crippen LogP contribution < -0.4 is 4.74 Å². The fraction of sp³-hybridized carbons (Fsp3) is 0.393. The summed E-state index contributed by atoms with van der Waals surface area (Å²) in [5, 5.41) is 6.08. The second-order valence-corrected chi connectivity index (χ2v) is 9.35. The summed E-state index contributed by atoms with van der Waals surface area (Å²) in [4.78, 5) is 11.8. The van der Waals surface area contributed by atoms with Crippen molar-refractivity contribution in [2.24, 2.45) is 0 Å². The summed E-state index contributed by atoms with van der Waals surface area (Å²) in [7, 11) is 0. The Morgan fingerprint density at radius 3 is 2.71 bits per heavy atom. The van der Waals surface area contributed by atoms with E-state index in [0.717, 1.165) is 67.0 Å². The summed E-state index contributed by atoms with van der Waals surface area (Å²) < 4.78 is 8.27. The highest BCUT2D eigenvalue weighted by Gasteiger charge is 2.25. The number of benzene rings is 1. The Hall–Kier alpha value is -3.25. The van der Waals surface area contributed by atoms with Crippen LogP contribution in [0.1, 0.15) is 37.8 Å². The van der Waals surface area contributed by atoms with Gasteiger partial charge in [0.1, 0.15) is 11.4 Å². The van der Waals surface area contributed by atoms with Gasteiger partial charge in [-0.1, -0.05) is 12.5 Å². The fourth-order valence-corrected chi connectivity index (χ4v) is 5.39. The molecule has 0 amide bonds. The van der Waals surface area contributed by atoms with E-state index in [1.54, 1.807) is 0 Å². The van der Waals surface area contributed by atoms with E-state index in [0.29, 0.717) is 0 Å². The van der Waals surface area contributed by atoms with Crippen molar-refractivity contribution in [3.8, 4) is 28.3 Å². The molecule has 0 unspecified atom stereocenters. The predicted molar refractivity (Wildman–Crippen MR) is 135 cm³/mol. The normalized spacial score (nSPS) is 16.1. The van der Waals surface area contributed by atoms with Crippen molar-refractivity contribution >= 4 is 10.9 Å². The van der Waals surface area contributed by atoms with E-state index in [-0.39, 0.29) is 0 Å². The molecule has 5 heterocycles. The number of hydrogen-bond donors (Lipinski definition) is 0. The Balaban J connectivity index is 1.27. The maximum atomic E-state index is 6.11. The molecule has 34 heavy (non-hydrogen) atoms. The number of nitrogens with zero attached hydrogens (tertiary/aromatic N) is 5. The minimum atomic E-state index is 0.739. The molecular formula is C28H31N5O. The maximum Gasteiger partial charge on any atom is 0.121 e. The monoisotopic (exact) mass is 453 g/mol. The Morgan fingerprint density at radius 2 is 1.82 bits per heavy atom. The molecule has 6 heteroatoms. The number of fused-ring (bicyclic) bond motifs is 2. The zero-order chi connectivity index (χ0) is 22.7. The largest absolute Gasteiger partial charge is 0.493 e. The number of rotatable bonds is 7. The smallest absolute Gasteiger partial charge is 0.121 e. The Bertz CT molecular complexity index is 1280. The summed E-state index contributed by atoms with van der Waals surface area (Å²) in [6.07, 6.45) is 11.0. The molecule has 4 aromatic rings. The van der Waals surface area contributed by atoms with Gasteiger partial charge in [-0.2, -0.15) is 5.10 Å². The first-order valence-corrected chi connectivity index (χ1v) is 12.6. The summed E-state index contributed by atoms with van der Waals surface area (Å²) in [6, 6.07) is 14.4. The molecule has 2 aliphatic heterocycles. The SMILES string of the molecule is c1ccc(-c2nn3c(c2-c2ccnc4cc(OCCCN5CCCCC5)ccc24)CCC3)nc1. The van der Waals surface area contributed by atoms with Gasteiger partial charge in [-0.3, -0.25) is 14.6 Å². The molecule has 0 N–H and O–H groups in total. The lowest BCUT2D eigenvalue weighted by Crippen LogP contribution is -2.31. The van der Waals surface area contributed by atoms with Crippen molar-refractivity contribution in [1.29, 1.82) is 0 Å². The summed E-state index contributed by atoms with van der Waals surface area (Å²) >= 11 is 0. The molecule has 0 aliphatic carbocycles. The van der Waals surface area contributed by atoms with E-state index in [4.69, 9.17) is 9.84 Å². The van der Waals surface area contributed by atoms with E-state index >= 15 is 0 Å². The van der Waals surface area contributed by atoms with Crippen molar-refractivity contribution < 1.29 is 4.74 Å². The van der Waals surface area contributed by atoms with Crippen molar-refractivity contribution in [1.82, 2.24) is 24.6 Å². The van der Waals surface area contributed by atoms with Gasteiger partial charge in [-0.05, 0) is 81.1 Å². The molecule has 6 rings (SSSR count). The zero-order valence-electron chi connectivity index (χ0n) is 19.6. The first-order chi connectivity index (χ1) is 16.9. The predicted octanol–water partition coefficient (Wildman–Crippen LogP) is 5.36. The standard InChI is InChI=1S/C28H31N5O/c1-4-15-32(16-5-1)17-7-19-34-21-10-11-22-23(12-14-30-25(22)20-21)27-26-9-6-18-33(26)31-28(27)24-8-2-3-13-29-24/h2-3,8,10-14,20H,1,4-7,9,15-19H2. The van der Waals surface area contributed by atoms with Crippen molar-refractivity contribution in [2.45, 2.75) is 45.1 Å². The van der Waals surface area contributed by atoms with E-state index in [1.165, 1.54) is 49.2 Å². The van der Waals surface area contributed by atoms with Crippen LogP contribution in [0.5, 0.6) is 5.75 Å². The number of ether oxygens (including phenoxy) is 1. The zero-order valence-corrected chi connectivity index (χ0v) is 19.6. The lowest BCUT2D eigenvalue weighted by atomic mass is 9.96. The first-order valence-electron chi connectivity index (χ1n) is 12.6. The lowest BCUT2D eigenvalue weighted by molar-refractivity contribution is 0.205. The van der Waals surface area contributed by atoms with Crippen LogP contribution >= 0.6 is 0 Å². The van der Waals surface area contributed by atoms with E-state index in [1.807, 2.05) is 30.6 Å². The van der Waals surface area contributed by atoms with Crippen molar-refractivity contribution in [2.75, 3.05) is 26.2 Å². The average molecular weight is 454 g/mol. The minimum Gasteiger partial charge on any atom is -0.493 e. The van der Waals surface area contributed by atoms with Gasteiger partial charge in [0.15, 0.2) is 0 Å². The van der Waals surface area contributed by atoms with Gasteiger partial charge >= 0.3 is 0 Å². The highest BCUT2D eigenvalue weighted by Crippen LogP contribution is 2.40. The quantitative estimate of drug-likeness (QED) is 0.353. The van der Waals surface area contributed by atoms with E-state index in [9.17, 15) is 0 Å². The van der Waals surface area contributed by atoms with Crippen molar-refractivity contribution in [3.63, 3.8) is 0 Å². The lowest BCUT2D eigenvalue weighted by Gasteiger charge is -2.26. The molecule has 174 valence electrons. The van der Waals surface area contributed by atoms with Gasteiger partial charge < -0.3 is 9.64 Å². The van der Waals surface area contributed by atoms with Crippen LogP contribution in [0.15, 0.2) is 54.9 Å². The Labute approximate surface area is 200 Å². The molecule has 2 aliphatic rings. The molecule has 1 fully saturated rings. The molecule has 1 saturated heterocycles. The van der Waals surface area contributed by atoms with E-state index in [2.05, 4.69) is 43.8 Å². The van der Waals surface area contributed by atoms with Crippen LogP contribution in [0, 0.1) is 0 Å². The molecule has 0 atom stereocenters. The number of piperidine rings is 1. The average Bonchev–Trinajstić information content (AvgIpc) is 3.49. The van der Waals surface area contributed by atoms with Crippen LogP contribution in [0.4, 0.5) is 0 Å². The maximum absolute atomic E-state index is 6.11. The molecule has 1 aromatic carbocycles. The van der Waals surface area contributed by atoms with Gasteiger partial charge in [-0.15, -0.1) is 0 Å². The molecule has 0 saturated carbocycles. The number of aryl methyl sites for hydroxylation is 1. The molecule has 0 radical (unpaired) electrons. The number of aromatic nitrogens is 4. The van der Waals surface area contributed by atoms with Crippen LogP contribution in [0.3, 0.4) is 0 Å². The Morgan fingerprint density at radius 1 is 0.882 bits per heavy atom. The minimum absolute atomic E-state index is 0.739. The summed E-state index contributed by atoms with van der Waals surface area (Å²) in [5.74, 6) is 0.890. The first kappa shape index (κ1) is 21.3. The molecular weight excluding hydrogens is 422 g/mol. The third kappa shape index (κ3) is 4.18. The molecule has 6 nitrogen and oxygen atoms in total. The van der Waals surface area contributed by atoms with Crippen LogP contribution in [-0.2, 0) is 13.0 Å². The second-order valence-electron chi connectivity index (χ2n) is 9.35. The third-order valence-electron chi connectivity index (χ3n) is 7.07. The number of likely N-dealkylation sites (tertiary alicyclic amines) is 1. The molecule has 0 bridgehead atoms. The topological polar surface area (TPSA) is 56.1 Å². The van der Waals surface area contributed by atoms with Crippen LogP contribution in [0.2, 0.25) is 0 Å². The van der Waals surface area contributed by atoms with Crippen molar-refractivity contribution in [3.05, 3.63) is 60.6 Å². The highest BCUT2D eigenvalue weighted by atomic mass is 16.5. The Kier molecular flexibility index (Phi) is 5.98. The second kappa shape index (κ2) is 9.55. The van der Waals surface area contributed by atoms with Gasteiger partial charge in [0.05, 0.1) is 17.8 Å². The highest BCUT2D eigenvalue weighted by molar-refractivity contribution is 5.99. The van der Waals surface area contributed by atoms with Crippen LogP contribution in [-0.4, -0.2) is 50.9 Å². The van der Waals surface area contributed by atoms with Gasteiger partial charge in [0.25, 0.3) is 0 Å². The van der Waals surface area contributed by atoms with Gasteiger partial charge in [0.2, 0.25) is 0 Å². The molecule has 3 aromatic heterocycles. The summed E-state index contributed by atoms with van der Waals surface area (Å²) in [6.45, 7) is 5.30.